The van der Waals surface area contributed by atoms with Crippen molar-refractivity contribution in [3.05, 3.63) is 11.1 Å². The largest absolute Gasteiger partial charge is 0.395 e. The SMILES string of the molecule is Nc1ncc(CN2CCCCC2CO)s1. The molecular formula is C10H17N3OS. The van der Waals surface area contributed by atoms with E-state index in [1.165, 1.54) is 29.1 Å². The molecule has 1 aliphatic heterocycles. The highest BCUT2D eigenvalue weighted by molar-refractivity contribution is 7.15. The van der Waals surface area contributed by atoms with Crippen LogP contribution in [0.2, 0.25) is 0 Å². The van der Waals surface area contributed by atoms with E-state index in [9.17, 15) is 5.11 Å². The van der Waals surface area contributed by atoms with E-state index in [1.807, 2.05) is 6.20 Å². The number of hydrogen-bond acceptors (Lipinski definition) is 5. The lowest BCUT2D eigenvalue weighted by atomic mass is 10.0. The first-order valence-corrected chi connectivity index (χ1v) is 6.16. The van der Waals surface area contributed by atoms with Crippen molar-refractivity contribution in [1.82, 2.24) is 9.88 Å². The van der Waals surface area contributed by atoms with E-state index in [0.717, 1.165) is 19.5 Å². The molecule has 2 rings (SSSR count). The zero-order chi connectivity index (χ0) is 10.7. The lowest BCUT2D eigenvalue weighted by Gasteiger charge is -2.33. The highest BCUT2D eigenvalue weighted by Gasteiger charge is 2.21. The van der Waals surface area contributed by atoms with Gasteiger partial charge in [-0.05, 0) is 19.4 Å². The number of aromatic nitrogens is 1. The summed E-state index contributed by atoms with van der Waals surface area (Å²) in [6, 6.07) is 0.321. The van der Waals surface area contributed by atoms with Crippen molar-refractivity contribution in [2.24, 2.45) is 0 Å². The minimum absolute atomic E-state index is 0.258. The molecule has 84 valence electrons. The van der Waals surface area contributed by atoms with Crippen molar-refractivity contribution in [2.45, 2.75) is 31.8 Å². The topological polar surface area (TPSA) is 62.4 Å². The summed E-state index contributed by atoms with van der Waals surface area (Å²) in [5.74, 6) is 0. The number of likely N-dealkylation sites (tertiary alicyclic amines) is 1. The summed E-state index contributed by atoms with van der Waals surface area (Å²) >= 11 is 1.54. The standard InChI is InChI=1S/C10H17N3OS/c11-10-12-5-9(15-10)6-13-4-2-1-3-8(13)7-14/h5,8,14H,1-4,6-7H2,(H2,11,12). The van der Waals surface area contributed by atoms with Gasteiger partial charge in [-0.25, -0.2) is 4.98 Å². The number of nitrogen functional groups attached to an aromatic ring is 1. The van der Waals surface area contributed by atoms with Crippen LogP contribution in [0, 0.1) is 0 Å². The lowest BCUT2D eigenvalue weighted by Crippen LogP contribution is -2.40. The fourth-order valence-corrected chi connectivity index (χ4v) is 2.78. The van der Waals surface area contributed by atoms with E-state index in [1.54, 1.807) is 0 Å². The van der Waals surface area contributed by atoms with Gasteiger partial charge in [-0.1, -0.05) is 6.42 Å². The summed E-state index contributed by atoms with van der Waals surface area (Å²) in [6.07, 6.45) is 5.39. The Bertz CT molecular complexity index is 315. The van der Waals surface area contributed by atoms with Gasteiger partial charge in [-0.3, -0.25) is 4.90 Å². The van der Waals surface area contributed by atoms with Crippen LogP contribution < -0.4 is 5.73 Å². The molecule has 1 fully saturated rings. The summed E-state index contributed by atoms with van der Waals surface area (Å²) in [6.45, 7) is 2.21. The Morgan fingerprint density at radius 3 is 3.13 bits per heavy atom. The van der Waals surface area contributed by atoms with Crippen LogP contribution >= 0.6 is 11.3 Å². The van der Waals surface area contributed by atoms with Crippen LogP contribution in [-0.2, 0) is 6.54 Å². The zero-order valence-corrected chi connectivity index (χ0v) is 9.54. The van der Waals surface area contributed by atoms with Gasteiger partial charge in [0.1, 0.15) is 0 Å². The third kappa shape index (κ3) is 2.68. The van der Waals surface area contributed by atoms with Gasteiger partial charge >= 0.3 is 0 Å². The van der Waals surface area contributed by atoms with Crippen molar-refractivity contribution in [3.63, 3.8) is 0 Å². The van der Waals surface area contributed by atoms with E-state index in [-0.39, 0.29) is 6.61 Å². The molecule has 0 aliphatic carbocycles. The van der Waals surface area contributed by atoms with Gasteiger partial charge in [0, 0.05) is 23.7 Å². The Kier molecular flexibility index (Phi) is 3.56. The van der Waals surface area contributed by atoms with Crippen LogP contribution in [0.4, 0.5) is 5.13 Å². The second kappa shape index (κ2) is 4.92. The zero-order valence-electron chi connectivity index (χ0n) is 8.72. The predicted molar refractivity (Wildman–Crippen MR) is 61.7 cm³/mol. The van der Waals surface area contributed by atoms with E-state index < -0.39 is 0 Å². The summed E-state index contributed by atoms with van der Waals surface area (Å²) in [7, 11) is 0. The van der Waals surface area contributed by atoms with Crippen LogP contribution in [0.3, 0.4) is 0 Å². The average Bonchev–Trinajstić information content (AvgIpc) is 2.65. The first-order chi connectivity index (χ1) is 7.29. The molecule has 0 radical (unpaired) electrons. The average molecular weight is 227 g/mol. The number of nitrogens with two attached hydrogens (primary N) is 1. The maximum atomic E-state index is 9.27. The molecule has 4 nitrogen and oxygen atoms in total. The van der Waals surface area contributed by atoms with Gasteiger partial charge in [-0.15, -0.1) is 11.3 Å². The monoisotopic (exact) mass is 227 g/mol. The molecule has 0 amide bonds. The Morgan fingerprint density at radius 1 is 1.60 bits per heavy atom. The number of hydrogen-bond donors (Lipinski definition) is 2. The van der Waals surface area contributed by atoms with Crippen molar-refractivity contribution >= 4 is 16.5 Å². The van der Waals surface area contributed by atoms with Gasteiger partial charge in [-0.2, -0.15) is 0 Å². The van der Waals surface area contributed by atoms with Crippen LogP contribution in [0.1, 0.15) is 24.1 Å². The molecule has 2 heterocycles. The maximum Gasteiger partial charge on any atom is 0.180 e. The van der Waals surface area contributed by atoms with Gasteiger partial charge in [0.05, 0.1) is 6.61 Å². The number of anilines is 1. The molecule has 3 N–H and O–H groups in total. The Hall–Kier alpha value is -0.650. The molecule has 0 spiro atoms. The van der Waals surface area contributed by atoms with Gasteiger partial charge in [0.25, 0.3) is 0 Å². The van der Waals surface area contributed by atoms with Crippen molar-refractivity contribution < 1.29 is 5.11 Å². The second-order valence-corrected chi connectivity index (χ2v) is 5.11. The minimum atomic E-state index is 0.258. The first kappa shape index (κ1) is 10.9. The third-order valence-corrected chi connectivity index (χ3v) is 3.70. The van der Waals surface area contributed by atoms with Gasteiger partial charge in [0.2, 0.25) is 0 Å². The fraction of sp³-hybridized carbons (Fsp3) is 0.700. The molecule has 1 aromatic heterocycles. The quantitative estimate of drug-likeness (QED) is 0.811. The maximum absolute atomic E-state index is 9.27. The summed E-state index contributed by atoms with van der Waals surface area (Å²) in [4.78, 5) is 7.56. The summed E-state index contributed by atoms with van der Waals surface area (Å²) < 4.78 is 0. The molecule has 1 unspecified atom stereocenters. The predicted octanol–water partition coefficient (Wildman–Crippen LogP) is 1.07. The third-order valence-electron chi connectivity index (χ3n) is 2.89. The summed E-state index contributed by atoms with van der Waals surface area (Å²) in [5.41, 5.74) is 5.59. The number of aliphatic hydroxyl groups excluding tert-OH is 1. The fourth-order valence-electron chi connectivity index (χ4n) is 2.07. The molecular weight excluding hydrogens is 210 g/mol. The van der Waals surface area contributed by atoms with Crippen LogP contribution in [0.25, 0.3) is 0 Å². The summed E-state index contributed by atoms with van der Waals surface area (Å²) in [5, 5.41) is 9.89. The molecule has 5 heteroatoms. The molecule has 15 heavy (non-hydrogen) atoms. The molecule has 0 bridgehead atoms. The highest BCUT2D eigenvalue weighted by atomic mass is 32.1. The highest BCUT2D eigenvalue weighted by Crippen LogP contribution is 2.22. The Balaban J connectivity index is 1.97. The van der Waals surface area contributed by atoms with Gasteiger partial charge < -0.3 is 10.8 Å². The van der Waals surface area contributed by atoms with E-state index in [2.05, 4.69) is 9.88 Å². The van der Waals surface area contributed by atoms with Crippen LogP contribution in [-0.4, -0.2) is 34.2 Å². The minimum Gasteiger partial charge on any atom is -0.395 e. The van der Waals surface area contributed by atoms with Crippen LogP contribution in [0.15, 0.2) is 6.20 Å². The van der Waals surface area contributed by atoms with Gasteiger partial charge in [0.15, 0.2) is 5.13 Å². The number of aliphatic hydroxyl groups is 1. The van der Waals surface area contributed by atoms with E-state index >= 15 is 0 Å². The Morgan fingerprint density at radius 2 is 2.47 bits per heavy atom. The molecule has 1 aliphatic rings. The number of nitrogens with zero attached hydrogens (tertiary/aromatic N) is 2. The molecule has 1 saturated heterocycles. The number of piperidine rings is 1. The van der Waals surface area contributed by atoms with Crippen molar-refractivity contribution in [1.29, 1.82) is 0 Å². The van der Waals surface area contributed by atoms with E-state index in [4.69, 9.17) is 5.73 Å². The van der Waals surface area contributed by atoms with E-state index in [0.29, 0.717) is 11.2 Å². The molecule has 0 saturated carbocycles. The number of thiazole rings is 1. The molecule has 1 aromatic rings. The number of rotatable bonds is 3. The molecule has 1 atom stereocenters. The van der Waals surface area contributed by atoms with Crippen molar-refractivity contribution in [2.75, 3.05) is 18.9 Å². The normalized spacial score (nSPS) is 23.1. The molecule has 0 aromatic carbocycles. The lowest BCUT2D eigenvalue weighted by molar-refractivity contribution is 0.0849. The first-order valence-electron chi connectivity index (χ1n) is 5.34. The van der Waals surface area contributed by atoms with Crippen molar-refractivity contribution in [3.8, 4) is 0 Å². The smallest absolute Gasteiger partial charge is 0.180 e. The van der Waals surface area contributed by atoms with Crippen LogP contribution in [0.5, 0.6) is 0 Å². The Labute approximate surface area is 93.7 Å². The second-order valence-electron chi connectivity index (χ2n) is 3.97.